The van der Waals surface area contributed by atoms with E-state index in [0.717, 1.165) is 11.6 Å². The molecule has 2 aromatic carbocycles. The first-order chi connectivity index (χ1) is 9.97. The molecule has 0 saturated heterocycles. The minimum Gasteiger partial charge on any atom is -0.324 e. The molecule has 0 bridgehead atoms. The number of amides is 1. The summed E-state index contributed by atoms with van der Waals surface area (Å²) in [6.07, 6.45) is 0.172. The van der Waals surface area contributed by atoms with Crippen LogP contribution >= 0.6 is 23.2 Å². The molecule has 2 aromatic rings. The first-order valence-electron chi connectivity index (χ1n) is 5.94. The van der Waals surface area contributed by atoms with Crippen LogP contribution in [0.4, 0.5) is 11.4 Å². The van der Waals surface area contributed by atoms with Crippen molar-refractivity contribution < 1.29 is 9.72 Å². The van der Waals surface area contributed by atoms with Crippen LogP contribution in [0, 0.1) is 10.1 Å². The number of carbonyl (C=O) groups excluding carboxylic acids is 1. The molecule has 5 nitrogen and oxygen atoms in total. The highest BCUT2D eigenvalue weighted by atomic mass is 35.5. The highest BCUT2D eigenvalue weighted by Gasteiger charge is 2.17. The molecule has 0 radical (unpaired) electrons. The fourth-order valence-corrected chi connectivity index (χ4v) is 2.19. The predicted octanol–water partition coefficient (Wildman–Crippen LogP) is 4.08. The lowest BCUT2D eigenvalue weighted by atomic mass is 10.1. The van der Waals surface area contributed by atoms with Crippen molar-refractivity contribution in [3.63, 3.8) is 0 Å². The van der Waals surface area contributed by atoms with Crippen LogP contribution in [0.2, 0.25) is 10.0 Å². The molecule has 1 amide bonds. The van der Waals surface area contributed by atoms with E-state index in [1.54, 1.807) is 0 Å². The Kier molecular flexibility index (Phi) is 4.77. The summed E-state index contributed by atoms with van der Waals surface area (Å²) < 4.78 is 0. The lowest BCUT2D eigenvalue weighted by Gasteiger charge is -2.08. The van der Waals surface area contributed by atoms with E-state index in [4.69, 9.17) is 23.2 Å². The lowest BCUT2D eigenvalue weighted by molar-refractivity contribution is -0.384. The fraction of sp³-hybridized carbons (Fsp3) is 0.0714. The van der Waals surface area contributed by atoms with E-state index in [1.165, 1.54) is 6.07 Å². The second kappa shape index (κ2) is 6.56. The molecule has 108 valence electrons. The van der Waals surface area contributed by atoms with Gasteiger partial charge in [-0.05, 0) is 11.6 Å². The zero-order valence-corrected chi connectivity index (χ0v) is 12.2. The van der Waals surface area contributed by atoms with Crippen LogP contribution in [0.15, 0.2) is 42.5 Å². The van der Waals surface area contributed by atoms with Gasteiger partial charge in [-0.25, -0.2) is 0 Å². The summed E-state index contributed by atoms with van der Waals surface area (Å²) in [4.78, 5) is 22.0. The molecule has 0 saturated carbocycles. The quantitative estimate of drug-likeness (QED) is 0.680. The average Bonchev–Trinajstić information content (AvgIpc) is 2.43. The number of benzene rings is 2. The molecule has 21 heavy (non-hydrogen) atoms. The van der Waals surface area contributed by atoms with E-state index >= 15 is 0 Å². The highest BCUT2D eigenvalue weighted by molar-refractivity contribution is 6.37. The number of nitro benzene ring substituents is 1. The zero-order valence-electron chi connectivity index (χ0n) is 10.7. The first kappa shape index (κ1) is 15.3. The molecule has 1 N–H and O–H groups in total. The minimum absolute atomic E-state index is 0.0625. The summed E-state index contributed by atoms with van der Waals surface area (Å²) in [7, 11) is 0. The summed E-state index contributed by atoms with van der Waals surface area (Å²) in [6, 6.07) is 11.5. The van der Waals surface area contributed by atoms with Crippen molar-refractivity contribution in [1.29, 1.82) is 0 Å². The van der Waals surface area contributed by atoms with Crippen LogP contribution in [-0.4, -0.2) is 10.8 Å². The van der Waals surface area contributed by atoms with Gasteiger partial charge in [-0.2, -0.15) is 0 Å². The SMILES string of the molecule is O=C(Cc1ccccc1)Nc1cc(Cl)c([N+](=O)[O-])cc1Cl. The normalized spacial score (nSPS) is 10.2. The van der Waals surface area contributed by atoms with Crippen LogP contribution in [0.5, 0.6) is 0 Å². The molecule has 0 aromatic heterocycles. The number of nitro groups is 1. The number of anilines is 1. The van der Waals surface area contributed by atoms with Gasteiger partial charge < -0.3 is 5.32 Å². The van der Waals surface area contributed by atoms with Crippen molar-refractivity contribution in [1.82, 2.24) is 0 Å². The zero-order chi connectivity index (χ0) is 15.4. The average molecular weight is 325 g/mol. The van der Waals surface area contributed by atoms with Gasteiger partial charge in [0, 0.05) is 6.07 Å². The smallest absolute Gasteiger partial charge is 0.289 e. The fourth-order valence-electron chi connectivity index (χ4n) is 1.75. The molecule has 7 heteroatoms. The predicted molar refractivity (Wildman–Crippen MR) is 81.9 cm³/mol. The van der Waals surface area contributed by atoms with Crippen LogP contribution < -0.4 is 5.32 Å². The van der Waals surface area contributed by atoms with Gasteiger partial charge in [0.1, 0.15) is 5.02 Å². The molecule has 0 heterocycles. The molecule has 0 spiro atoms. The van der Waals surface area contributed by atoms with Gasteiger partial charge in [0.15, 0.2) is 0 Å². The summed E-state index contributed by atoms with van der Waals surface area (Å²) in [5.74, 6) is -0.284. The molecule has 0 aliphatic rings. The van der Waals surface area contributed by atoms with Crippen molar-refractivity contribution in [2.45, 2.75) is 6.42 Å². The number of hydrogen-bond acceptors (Lipinski definition) is 3. The molecule has 0 aliphatic carbocycles. The highest BCUT2D eigenvalue weighted by Crippen LogP contribution is 2.33. The Hall–Kier alpha value is -2.11. The van der Waals surface area contributed by atoms with Crippen molar-refractivity contribution >= 4 is 40.5 Å². The second-order valence-electron chi connectivity index (χ2n) is 4.25. The van der Waals surface area contributed by atoms with Gasteiger partial charge in [0.05, 0.1) is 22.1 Å². The Morgan fingerprint density at radius 3 is 2.43 bits per heavy atom. The summed E-state index contributed by atoms with van der Waals surface area (Å²) in [5.41, 5.74) is 0.787. The van der Waals surface area contributed by atoms with Crippen LogP contribution in [0.25, 0.3) is 0 Å². The van der Waals surface area contributed by atoms with E-state index in [2.05, 4.69) is 5.32 Å². The molecule has 0 atom stereocenters. The molecular formula is C14H10Cl2N2O3. The summed E-state index contributed by atoms with van der Waals surface area (Å²) >= 11 is 11.7. The summed E-state index contributed by atoms with van der Waals surface area (Å²) in [6.45, 7) is 0. The second-order valence-corrected chi connectivity index (χ2v) is 5.07. The van der Waals surface area contributed by atoms with Crippen molar-refractivity contribution in [3.8, 4) is 0 Å². The number of carbonyl (C=O) groups is 1. The van der Waals surface area contributed by atoms with Gasteiger partial charge in [-0.15, -0.1) is 0 Å². The molecule has 0 aliphatic heterocycles. The lowest BCUT2D eigenvalue weighted by Crippen LogP contribution is -2.14. The van der Waals surface area contributed by atoms with E-state index in [0.29, 0.717) is 0 Å². The maximum absolute atomic E-state index is 11.9. The van der Waals surface area contributed by atoms with Crippen molar-refractivity contribution in [2.24, 2.45) is 0 Å². The van der Waals surface area contributed by atoms with Crippen molar-refractivity contribution in [3.05, 3.63) is 68.2 Å². The topological polar surface area (TPSA) is 72.2 Å². The van der Waals surface area contributed by atoms with Crippen LogP contribution in [0.3, 0.4) is 0 Å². The third-order valence-corrected chi connectivity index (χ3v) is 3.33. The first-order valence-corrected chi connectivity index (χ1v) is 6.70. The number of nitrogens with zero attached hydrogens (tertiary/aromatic N) is 1. The van der Waals surface area contributed by atoms with Gasteiger partial charge in [-0.1, -0.05) is 53.5 Å². The van der Waals surface area contributed by atoms with Gasteiger partial charge in [-0.3, -0.25) is 14.9 Å². The Labute approximate surface area is 130 Å². The Morgan fingerprint density at radius 2 is 1.81 bits per heavy atom. The third-order valence-electron chi connectivity index (χ3n) is 2.71. The monoisotopic (exact) mass is 324 g/mol. The van der Waals surface area contributed by atoms with E-state index < -0.39 is 4.92 Å². The number of nitrogens with one attached hydrogen (secondary N) is 1. The number of hydrogen-bond donors (Lipinski definition) is 1. The maximum atomic E-state index is 11.9. The molecule has 0 fully saturated rings. The third kappa shape index (κ3) is 3.93. The molecule has 2 rings (SSSR count). The van der Waals surface area contributed by atoms with Crippen LogP contribution in [-0.2, 0) is 11.2 Å². The molecule has 0 unspecified atom stereocenters. The van der Waals surface area contributed by atoms with Gasteiger partial charge in [0.2, 0.25) is 5.91 Å². The van der Waals surface area contributed by atoms with Crippen molar-refractivity contribution in [2.75, 3.05) is 5.32 Å². The standard InChI is InChI=1S/C14H10Cl2N2O3/c15-10-8-13(18(20)21)11(16)7-12(10)17-14(19)6-9-4-2-1-3-5-9/h1-5,7-8H,6H2,(H,17,19). The molecular weight excluding hydrogens is 315 g/mol. The minimum atomic E-state index is -0.635. The number of rotatable bonds is 4. The van der Waals surface area contributed by atoms with Gasteiger partial charge >= 0.3 is 0 Å². The van der Waals surface area contributed by atoms with E-state index in [-0.39, 0.29) is 33.7 Å². The summed E-state index contributed by atoms with van der Waals surface area (Å²) in [5, 5.41) is 13.3. The van der Waals surface area contributed by atoms with E-state index in [9.17, 15) is 14.9 Å². The van der Waals surface area contributed by atoms with Gasteiger partial charge in [0.25, 0.3) is 5.69 Å². The number of halogens is 2. The van der Waals surface area contributed by atoms with E-state index in [1.807, 2.05) is 30.3 Å². The Bertz CT molecular complexity index is 690. The Balaban J connectivity index is 2.14. The van der Waals surface area contributed by atoms with Crippen LogP contribution in [0.1, 0.15) is 5.56 Å². The maximum Gasteiger partial charge on any atom is 0.289 e. The Morgan fingerprint density at radius 1 is 1.14 bits per heavy atom. The largest absolute Gasteiger partial charge is 0.324 e.